The molecule has 4 nitrogen and oxygen atoms in total. The largest absolute Gasteiger partial charge is 0.436 e. The highest BCUT2D eigenvalue weighted by atomic mass is 16.3. The van der Waals surface area contributed by atoms with Crippen molar-refractivity contribution in [2.24, 2.45) is 0 Å². The fourth-order valence-electron chi connectivity index (χ4n) is 2.34. The van der Waals surface area contributed by atoms with Gasteiger partial charge in [0.25, 0.3) is 0 Å². The number of rotatable bonds is 2. The minimum atomic E-state index is 0.593. The minimum absolute atomic E-state index is 0.593. The molecule has 2 heterocycles. The maximum Gasteiger partial charge on any atom is 0.230 e. The third-order valence-electron chi connectivity index (χ3n) is 3.39. The Bertz CT molecular complexity index is 887. The number of fused-ring (bicyclic) bond motifs is 1. The quantitative estimate of drug-likeness (QED) is 0.555. The van der Waals surface area contributed by atoms with Crippen molar-refractivity contribution < 1.29 is 4.42 Å². The summed E-state index contributed by atoms with van der Waals surface area (Å²) in [7, 11) is 0. The highest BCUT2D eigenvalue weighted by Crippen LogP contribution is 2.24. The first-order chi connectivity index (χ1) is 10.3. The first kappa shape index (κ1) is 11.9. The van der Waals surface area contributed by atoms with E-state index in [-0.39, 0.29) is 0 Å². The van der Waals surface area contributed by atoms with Gasteiger partial charge in [-0.2, -0.15) is 5.10 Å². The zero-order chi connectivity index (χ0) is 14.2. The average molecular weight is 275 g/mol. The molecule has 0 aliphatic carbocycles. The van der Waals surface area contributed by atoms with Crippen LogP contribution in [0.15, 0.2) is 65.3 Å². The van der Waals surface area contributed by atoms with E-state index in [0.717, 1.165) is 22.4 Å². The minimum Gasteiger partial charge on any atom is -0.436 e. The van der Waals surface area contributed by atoms with Crippen molar-refractivity contribution in [2.45, 2.75) is 6.92 Å². The Balaban J connectivity index is 1.77. The molecule has 2 aromatic carbocycles. The molecule has 0 aliphatic rings. The van der Waals surface area contributed by atoms with Crippen LogP contribution in [0.5, 0.6) is 0 Å². The van der Waals surface area contributed by atoms with Gasteiger partial charge in [-0.3, -0.25) is 0 Å². The molecule has 0 aliphatic heterocycles. The van der Waals surface area contributed by atoms with E-state index in [2.05, 4.69) is 29.1 Å². The second-order valence-corrected chi connectivity index (χ2v) is 5.00. The fourth-order valence-corrected chi connectivity index (χ4v) is 2.34. The Morgan fingerprint density at radius 2 is 1.95 bits per heavy atom. The first-order valence-corrected chi connectivity index (χ1v) is 6.77. The van der Waals surface area contributed by atoms with E-state index in [1.165, 1.54) is 5.56 Å². The van der Waals surface area contributed by atoms with Crippen LogP contribution in [0.3, 0.4) is 0 Å². The van der Waals surface area contributed by atoms with Crippen molar-refractivity contribution in [3.8, 4) is 17.1 Å². The van der Waals surface area contributed by atoms with Gasteiger partial charge in [0.1, 0.15) is 5.52 Å². The van der Waals surface area contributed by atoms with Gasteiger partial charge in [-0.05, 0) is 36.8 Å². The second-order valence-electron chi connectivity index (χ2n) is 5.00. The number of aromatic nitrogens is 3. The van der Waals surface area contributed by atoms with Crippen LogP contribution >= 0.6 is 0 Å². The lowest BCUT2D eigenvalue weighted by Crippen LogP contribution is -1.93. The molecule has 0 atom stereocenters. The van der Waals surface area contributed by atoms with E-state index >= 15 is 0 Å². The van der Waals surface area contributed by atoms with Gasteiger partial charge in [0, 0.05) is 6.20 Å². The van der Waals surface area contributed by atoms with Crippen LogP contribution in [0, 0.1) is 6.92 Å². The molecule has 4 rings (SSSR count). The number of hydrogen-bond acceptors (Lipinski definition) is 3. The fraction of sp³-hybridized carbons (Fsp3) is 0.0588. The van der Waals surface area contributed by atoms with E-state index in [9.17, 15) is 0 Å². The van der Waals surface area contributed by atoms with Crippen LogP contribution in [-0.4, -0.2) is 14.8 Å². The number of benzene rings is 2. The molecular formula is C17H13N3O. The molecule has 0 fully saturated rings. The summed E-state index contributed by atoms with van der Waals surface area (Å²) in [5.41, 5.74) is 4.74. The molecule has 2 aromatic heterocycles. The molecule has 0 saturated heterocycles. The Kier molecular flexibility index (Phi) is 2.60. The lowest BCUT2D eigenvalue weighted by molar-refractivity contribution is 0.620. The van der Waals surface area contributed by atoms with Gasteiger partial charge in [-0.25, -0.2) is 9.67 Å². The number of hydrogen-bond donors (Lipinski definition) is 0. The van der Waals surface area contributed by atoms with Crippen molar-refractivity contribution in [1.82, 2.24) is 14.8 Å². The number of nitrogens with zero attached hydrogens (tertiary/aromatic N) is 3. The normalized spacial score (nSPS) is 11.1. The molecule has 0 bridgehead atoms. The first-order valence-electron chi connectivity index (χ1n) is 6.77. The molecule has 0 amide bonds. The predicted molar refractivity (Wildman–Crippen MR) is 81.3 cm³/mol. The lowest BCUT2D eigenvalue weighted by atomic mass is 10.2. The monoisotopic (exact) mass is 275 g/mol. The maximum atomic E-state index is 5.76. The molecule has 0 radical (unpaired) electrons. The van der Waals surface area contributed by atoms with Crippen molar-refractivity contribution in [2.75, 3.05) is 0 Å². The van der Waals surface area contributed by atoms with Gasteiger partial charge in [0.05, 0.1) is 17.4 Å². The van der Waals surface area contributed by atoms with E-state index in [0.29, 0.717) is 5.89 Å². The van der Waals surface area contributed by atoms with E-state index in [4.69, 9.17) is 4.42 Å². The van der Waals surface area contributed by atoms with Crippen LogP contribution in [0.1, 0.15) is 5.56 Å². The van der Waals surface area contributed by atoms with Crippen LogP contribution in [0.4, 0.5) is 0 Å². The van der Waals surface area contributed by atoms with Crippen molar-refractivity contribution in [3.05, 3.63) is 66.5 Å². The molecule has 0 saturated carbocycles. The third kappa shape index (κ3) is 2.10. The predicted octanol–water partition coefficient (Wildman–Crippen LogP) is 3.99. The summed E-state index contributed by atoms with van der Waals surface area (Å²) in [4.78, 5) is 4.49. The van der Waals surface area contributed by atoms with Gasteiger partial charge in [-0.1, -0.05) is 24.3 Å². The molecule has 21 heavy (non-hydrogen) atoms. The highest BCUT2D eigenvalue weighted by Gasteiger charge is 2.10. The van der Waals surface area contributed by atoms with Gasteiger partial charge in [-0.15, -0.1) is 0 Å². The zero-order valence-corrected chi connectivity index (χ0v) is 11.5. The van der Waals surface area contributed by atoms with E-state index in [1.807, 2.05) is 47.3 Å². The third-order valence-corrected chi connectivity index (χ3v) is 3.39. The Hall–Kier alpha value is -2.88. The van der Waals surface area contributed by atoms with Crippen LogP contribution in [-0.2, 0) is 0 Å². The van der Waals surface area contributed by atoms with Crippen molar-refractivity contribution in [1.29, 1.82) is 0 Å². The molecule has 4 aromatic rings. The smallest absolute Gasteiger partial charge is 0.230 e. The van der Waals surface area contributed by atoms with Gasteiger partial charge in [0.15, 0.2) is 5.58 Å². The lowest BCUT2D eigenvalue weighted by Gasteiger charge is -2.01. The van der Waals surface area contributed by atoms with Gasteiger partial charge >= 0.3 is 0 Å². The standard InChI is InChI=1S/C17H13N3O/c1-12-5-4-6-14(9-12)20-11-13(10-18-20)17-19-15-7-2-3-8-16(15)21-17/h2-11H,1H3. The Labute approximate surface area is 121 Å². The summed E-state index contributed by atoms with van der Waals surface area (Å²) in [6, 6.07) is 15.9. The summed E-state index contributed by atoms with van der Waals surface area (Å²) in [5.74, 6) is 0.593. The topological polar surface area (TPSA) is 43.9 Å². The molecule has 0 unspecified atom stereocenters. The van der Waals surface area contributed by atoms with E-state index in [1.54, 1.807) is 6.20 Å². The SMILES string of the molecule is Cc1cccc(-n2cc(-c3nc4ccccc4o3)cn2)c1. The molecule has 4 heteroatoms. The molecule has 102 valence electrons. The highest BCUT2D eigenvalue weighted by molar-refractivity contribution is 5.75. The van der Waals surface area contributed by atoms with Crippen molar-refractivity contribution in [3.63, 3.8) is 0 Å². The zero-order valence-electron chi connectivity index (χ0n) is 11.5. The van der Waals surface area contributed by atoms with Crippen LogP contribution < -0.4 is 0 Å². The summed E-state index contributed by atoms with van der Waals surface area (Å²) in [5, 5.41) is 4.39. The van der Waals surface area contributed by atoms with Gasteiger partial charge in [0.2, 0.25) is 5.89 Å². The van der Waals surface area contributed by atoms with E-state index < -0.39 is 0 Å². The summed E-state index contributed by atoms with van der Waals surface area (Å²) < 4.78 is 7.59. The molecule has 0 spiro atoms. The summed E-state index contributed by atoms with van der Waals surface area (Å²) in [6.45, 7) is 2.06. The number of aryl methyl sites for hydroxylation is 1. The Morgan fingerprint density at radius 3 is 2.81 bits per heavy atom. The summed E-state index contributed by atoms with van der Waals surface area (Å²) >= 11 is 0. The van der Waals surface area contributed by atoms with Crippen LogP contribution in [0.25, 0.3) is 28.2 Å². The molecule has 0 N–H and O–H groups in total. The average Bonchev–Trinajstić information content (AvgIpc) is 3.14. The molecular weight excluding hydrogens is 262 g/mol. The van der Waals surface area contributed by atoms with Crippen molar-refractivity contribution >= 4 is 11.1 Å². The Morgan fingerprint density at radius 1 is 1.05 bits per heavy atom. The maximum absolute atomic E-state index is 5.76. The van der Waals surface area contributed by atoms with Gasteiger partial charge < -0.3 is 4.42 Å². The summed E-state index contributed by atoms with van der Waals surface area (Å²) in [6.07, 6.45) is 3.70. The second kappa shape index (κ2) is 4.59. The van der Waals surface area contributed by atoms with Crippen LogP contribution in [0.2, 0.25) is 0 Å². The number of oxazole rings is 1. The number of para-hydroxylation sites is 2.